The summed E-state index contributed by atoms with van der Waals surface area (Å²) >= 11 is 0. The highest BCUT2D eigenvalue weighted by Crippen LogP contribution is 2.40. The van der Waals surface area contributed by atoms with Crippen LogP contribution < -0.4 is 0 Å². The van der Waals surface area contributed by atoms with Crippen LogP contribution in [0.5, 0.6) is 5.75 Å². The normalized spacial score (nSPS) is 12.1. The van der Waals surface area contributed by atoms with E-state index in [0.29, 0.717) is 21.6 Å². The lowest BCUT2D eigenvalue weighted by Crippen LogP contribution is -2.13. The van der Waals surface area contributed by atoms with Gasteiger partial charge in [0.25, 0.3) is 0 Å². The summed E-state index contributed by atoms with van der Waals surface area (Å²) in [6.07, 6.45) is 0. The molecule has 0 aliphatic heterocycles. The summed E-state index contributed by atoms with van der Waals surface area (Å²) in [4.78, 5) is 14.0. The number of aryl methyl sites for hydroxylation is 3. The molecule has 4 aromatic carbocycles. The maximum Gasteiger partial charge on any atom is 0.176 e. The van der Waals surface area contributed by atoms with Gasteiger partial charge in [0.15, 0.2) is 5.78 Å². The number of phenolic OH excluding ortho intramolecular Hbond substituents is 1. The number of phenols is 1. The quantitative estimate of drug-likeness (QED) is 0.389. The molecule has 156 valence electrons. The fourth-order valence-electron chi connectivity index (χ4n) is 4.01. The number of Topliss-reactive ketones (excluding diaryl/α,β-unsaturated/α-hetero) is 1. The largest absolute Gasteiger partial charge is 0.507 e. The number of hydrogen-bond acceptors (Lipinski definition) is 3. The molecule has 0 heterocycles. The van der Waals surface area contributed by atoms with Crippen molar-refractivity contribution in [1.29, 1.82) is 0 Å². The van der Waals surface area contributed by atoms with Gasteiger partial charge in [-0.3, -0.25) is 9.00 Å². The van der Waals surface area contributed by atoms with Gasteiger partial charge in [-0.2, -0.15) is 0 Å². The van der Waals surface area contributed by atoms with E-state index in [4.69, 9.17) is 0 Å². The van der Waals surface area contributed by atoms with Crippen LogP contribution in [0.2, 0.25) is 0 Å². The van der Waals surface area contributed by atoms with Crippen LogP contribution in [-0.4, -0.2) is 20.9 Å². The third kappa shape index (κ3) is 4.17. The molecule has 0 amide bonds. The predicted octanol–water partition coefficient (Wildman–Crippen LogP) is 6.13. The van der Waals surface area contributed by atoms with Crippen LogP contribution in [0, 0.1) is 20.8 Å². The van der Waals surface area contributed by atoms with Crippen LogP contribution in [0.25, 0.3) is 21.9 Å². The summed E-state index contributed by atoms with van der Waals surface area (Å²) in [5.74, 6) is -0.179. The molecule has 1 N–H and O–H groups in total. The van der Waals surface area contributed by atoms with Crippen molar-refractivity contribution in [2.45, 2.75) is 25.7 Å². The van der Waals surface area contributed by atoms with Gasteiger partial charge >= 0.3 is 0 Å². The van der Waals surface area contributed by atoms with E-state index in [1.165, 1.54) is 0 Å². The van der Waals surface area contributed by atoms with Crippen molar-refractivity contribution in [2.24, 2.45) is 0 Å². The maximum atomic E-state index is 13.3. The summed E-state index contributed by atoms with van der Waals surface area (Å²) in [5, 5.41) is 12.7. The number of aromatic hydroxyl groups is 1. The van der Waals surface area contributed by atoms with E-state index in [-0.39, 0.29) is 17.3 Å². The van der Waals surface area contributed by atoms with E-state index in [0.717, 1.165) is 27.5 Å². The van der Waals surface area contributed by atoms with E-state index >= 15 is 0 Å². The molecule has 31 heavy (non-hydrogen) atoms. The number of rotatable bonds is 5. The molecule has 0 unspecified atom stereocenters. The molecule has 0 fully saturated rings. The highest BCUT2D eigenvalue weighted by Gasteiger charge is 2.22. The van der Waals surface area contributed by atoms with Gasteiger partial charge in [-0.25, -0.2) is 0 Å². The lowest BCUT2D eigenvalue weighted by molar-refractivity contribution is 0.102. The Balaban J connectivity index is 1.85. The molecule has 3 nitrogen and oxygen atoms in total. The first-order chi connectivity index (χ1) is 14.8. The van der Waals surface area contributed by atoms with E-state index < -0.39 is 10.8 Å². The lowest BCUT2D eigenvalue weighted by atomic mass is 9.88. The molecule has 0 saturated carbocycles. The predicted molar refractivity (Wildman–Crippen MR) is 127 cm³/mol. The zero-order valence-corrected chi connectivity index (χ0v) is 18.6. The minimum atomic E-state index is -1.45. The fourth-order valence-corrected chi connectivity index (χ4v) is 5.01. The minimum absolute atomic E-state index is 0.111. The number of ketones is 1. The molecule has 0 aromatic heterocycles. The highest BCUT2D eigenvalue weighted by molar-refractivity contribution is 7.85. The van der Waals surface area contributed by atoms with Crippen LogP contribution >= 0.6 is 0 Å². The Morgan fingerprint density at radius 3 is 2.26 bits per heavy atom. The van der Waals surface area contributed by atoms with Crippen LogP contribution in [0.1, 0.15) is 27.0 Å². The monoisotopic (exact) mass is 428 g/mol. The highest BCUT2D eigenvalue weighted by atomic mass is 32.2. The average molecular weight is 429 g/mol. The second-order valence-electron chi connectivity index (χ2n) is 7.91. The van der Waals surface area contributed by atoms with Crippen molar-refractivity contribution < 1.29 is 14.1 Å². The van der Waals surface area contributed by atoms with Crippen molar-refractivity contribution in [3.05, 3.63) is 95.1 Å². The second kappa shape index (κ2) is 8.48. The molecule has 0 radical (unpaired) electrons. The number of benzene rings is 4. The summed E-state index contributed by atoms with van der Waals surface area (Å²) < 4.78 is 12.9. The molecule has 1 atom stereocenters. The molecule has 4 heteroatoms. The molecule has 0 aliphatic carbocycles. The average Bonchev–Trinajstić information content (AvgIpc) is 2.73. The Bertz CT molecular complexity index is 1300. The Labute approximate surface area is 184 Å². The minimum Gasteiger partial charge on any atom is -0.507 e. The summed E-state index contributed by atoms with van der Waals surface area (Å²) in [6.45, 7) is 5.83. The molecule has 0 bridgehead atoms. The van der Waals surface area contributed by atoms with Crippen molar-refractivity contribution in [1.82, 2.24) is 0 Å². The Hall–Kier alpha value is -3.24. The fraction of sp³-hybridized carbons (Fsp3) is 0.148. The van der Waals surface area contributed by atoms with Crippen LogP contribution in [0.4, 0.5) is 0 Å². The summed E-state index contributed by atoms with van der Waals surface area (Å²) in [7, 11) is -1.45. The van der Waals surface area contributed by atoms with E-state index in [1.807, 2.05) is 69.3 Å². The lowest BCUT2D eigenvalue weighted by Gasteiger charge is -2.17. The van der Waals surface area contributed by atoms with E-state index in [2.05, 4.69) is 0 Å². The third-order valence-corrected chi connectivity index (χ3v) is 6.81. The van der Waals surface area contributed by atoms with Crippen molar-refractivity contribution in [2.75, 3.05) is 5.75 Å². The molecule has 0 aliphatic rings. The molecule has 4 rings (SSSR count). The summed E-state index contributed by atoms with van der Waals surface area (Å²) in [6, 6.07) is 22.6. The number of carbonyl (C=O) groups is 1. The van der Waals surface area contributed by atoms with E-state index in [1.54, 1.807) is 24.3 Å². The zero-order chi connectivity index (χ0) is 22.1. The number of fused-ring (bicyclic) bond motifs is 1. The number of hydrogen-bond donors (Lipinski definition) is 1. The zero-order valence-electron chi connectivity index (χ0n) is 17.8. The van der Waals surface area contributed by atoms with Gasteiger partial charge in [0.1, 0.15) is 5.75 Å². The third-order valence-electron chi connectivity index (χ3n) is 5.48. The molecule has 0 saturated heterocycles. The van der Waals surface area contributed by atoms with Gasteiger partial charge in [0.2, 0.25) is 0 Å². The first-order valence-corrected chi connectivity index (χ1v) is 11.5. The van der Waals surface area contributed by atoms with Gasteiger partial charge in [-0.05, 0) is 60.9 Å². The van der Waals surface area contributed by atoms with Crippen LogP contribution in [0.3, 0.4) is 0 Å². The maximum absolute atomic E-state index is 13.3. The molecular weight excluding hydrogens is 404 g/mol. The van der Waals surface area contributed by atoms with Crippen LogP contribution in [-0.2, 0) is 10.8 Å². The van der Waals surface area contributed by atoms with Gasteiger partial charge < -0.3 is 5.11 Å². The Morgan fingerprint density at radius 2 is 1.55 bits per heavy atom. The van der Waals surface area contributed by atoms with Gasteiger partial charge in [-0.1, -0.05) is 60.2 Å². The SMILES string of the molecule is Cc1ccc([S@](=O)CC(=O)c2ccc3ccccc3c2-c2c(C)cc(C)cc2O)cc1. The van der Waals surface area contributed by atoms with Gasteiger partial charge in [0, 0.05) is 21.6 Å². The molecule has 0 spiro atoms. The second-order valence-corrected chi connectivity index (χ2v) is 9.36. The van der Waals surface area contributed by atoms with Crippen molar-refractivity contribution >= 4 is 27.4 Å². The van der Waals surface area contributed by atoms with Crippen LogP contribution in [0.15, 0.2) is 77.7 Å². The molecular formula is C27H24O3S. The Kier molecular flexibility index (Phi) is 5.75. The summed E-state index contributed by atoms with van der Waals surface area (Å²) in [5.41, 5.74) is 4.73. The smallest absolute Gasteiger partial charge is 0.176 e. The molecule has 4 aromatic rings. The van der Waals surface area contributed by atoms with Crippen molar-refractivity contribution in [3.63, 3.8) is 0 Å². The standard InChI is InChI=1S/C27H24O3S/c1-17-8-11-21(12-9-17)31(30)16-25(29)23-13-10-20-6-4-5-7-22(20)27(23)26-19(3)14-18(2)15-24(26)28/h4-15,28H,16H2,1-3H3/t31-/m1/s1. The van der Waals surface area contributed by atoms with Gasteiger partial charge in [0.05, 0.1) is 16.6 Å². The first kappa shape index (κ1) is 21.0. The topological polar surface area (TPSA) is 54.4 Å². The Morgan fingerprint density at radius 1 is 0.839 bits per heavy atom. The first-order valence-electron chi connectivity index (χ1n) is 10.2. The van der Waals surface area contributed by atoms with E-state index in [9.17, 15) is 14.1 Å². The van der Waals surface area contributed by atoms with Gasteiger partial charge in [-0.15, -0.1) is 0 Å². The number of carbonyl (C=O) groups excluding carboxylic acids is 1. The van der Waals surface area contributed by atoms with Crippen molar-refractivity contribution in [3.8, 4) is 16.9 Å².